The lowest BCUT2D eigenvalue weighted by Crippen LogP contribution is -2.35. The fraction of sp³-hybridized carbons (Fsp3) is 0.333. The Morgan fingerprint density at radius 1 is 1.06 bits per heavy atom. The van der Waals surface area contributed by atoms with Crippen LogP contribution in [0.25, 0.3) is 5.76 Å². The maximum absolute atomic E-state index is 13.1. The van der Waals surface area contributed by atoms with Crippen LogP contribution < -0.4 is 9.47 Å². The topological polar surface area (TPSA) is 99.5 Å². The average Bonchev–Trinajstić information content (AvgIpc) is 3.02. The first-order valence-corrected chi connectivity index (χ1v) is 10.1. The van der Waals surface area contributed by atoms with Crippen molar-refractivity contribution in [3.05, 3.63) is 58.7 Å². The Morgan fingerprint density at radius 2 is 1.75 bits per heavy atom. The number of likely N-dealkylation sites (N-methyl/N-ethyl adjacent to an activating group) is 1. The molecule has 1 fully saturated rings. The van der Waals surface area contributed by atoms with E-state index in [1.807, 2.05) is 25.9 Å². The lowest BCUT2D eigenvalue weighted by Gasteiger charge is -2.27. The number of methoxy groups -OCH3 is 2. The van der Waals surface area contributed by atoms with Crippen molar-refractivity contribution in [1.29, 1.82) is 0 Å². The average molecular weight is 440 g/mol. The van der Waals surface area contributed by atoms with Gasteiger partial charge >= 0.3 is 0 Å². The molecule has 1 saturated heterocycles. The van der Waals surface area contributed by atoms with Crippen LogP contribution in [0.15, 0.2) is 42.0 Å². The number of ether oxygens (including phenoxy) is 2. The molecule has 1 atom stereocenters. The van der Waals surface area contributed by atoms with E-state index in [1.54, 1.807) is 37.4 Å². The summed E-state index contributed by atoms with van der Waals surface area (Å²) in [6.45, 7) is 2.64. The molecule has 1 heterocycles. The number of rotatable bonds is 7. The van der Waals surface area contributed by atoms with E-state index in [2.05, 4.69) is 0 Å². The molecule has 2 N–H and O–H groups in total. The first-order valence-electron chi connectivity index (χ1n) is 10.1. The summed E-state index contributed by atoms with van der Waals surface area (Å²) in [7, 11) is 6.71. The summed E-state index contributed by atoms with van der Waals surface area (Å²) in [5.41, 5.74) is 1.72. The molecule has 0 saturated carbocycles. The van der Waals surface area contributed by atoms with Gasteiger partial charge in [0.05, 0.1) is 25.8 Å². The first kappa shape index (κ1) is 23.1. The van der Waals surface area contributed by atoms with Crippen molar-refractivity contribution in [2.45, 2.75) is 13.0 Å². The van der Waals surface area contributed by atoms with Crippen LogP contribution in [0.5, 0.6) is 17.2 Å². The first-order chi connectivity index (χ1) is 15.2. The normalized spacial score (nSPS) is 17.8. The van der Waals surface area contributed by atoms with Gasteiger partial charge in [-0.25, -0.2) is 0 Å². The number of aliphatic hydroxyl groups excluding tert-OH is 1. The predicted molar refractivity (Wildman–Crippen MR) is 120 cm³/mol. The lowest BCUT2D eigenvalue weighted by atomic mass is 9.94. The molecular weight excluding hydrogens is 412 g/mol. The van der Waals surface area contributed by atoms with Crippen molar-refractivity contribution in [2.75, 3.05) is 41.4 Å². The van der Waals surface area contributed by atoms with Crippen LogP contribution in [0.3, 0.4) is 0 Å². The van der Waals surface area contributed by atoms with Gasteiger partial charge in [0.1, 0.15) is 11.5 Å². The number of phenolic OH excluding ortho intramolecular Hbond substituents is 1. The predicted octanol–water partition coefficient (Wildman–Crippen LogP) is 2.70. The van der Waals surface area contributed by atoms with Gasteiger partial charge in [-0.15, -0.1) is 0 Å². The zero-order valence-corrected chi connectivity index (χ0v) is 18.9. The molecule has 170 valence electrons. The number of benzene rings is 2. The van der Waals surface area contributed by atoms with Gasteiger partial charge in [0.2, 0.25) is 0 Å². The summed E-state index contributed by atoms with van der Waals surface area (Å²) < 4.78 is 10.5. The second-order valence-electron chi connectivity index (χ2n) is 7.91. The van der Waals surface area contributed by atoms with Gasteiger partial charge in [-0.3, -0.25) is 9.59 Å². The van der Waals surface area contributed by atoms with Gasteiger partial charge in [-0.1, -0.05) is 6.07 Å². The van der Waals surface area contributed by atoms with Gasteiger partial charge in [0.15, 0.2) is 11.5 Å². The van der Waals surface area contributed by atoms with Gasteiger partial charge in [0.25, 0.3) is 11.7 Å². The maximum atomic E-state index is 13.1. The Hall–Kier alpha value is -3.52. The van der Waals surface area contributed by atoms with Crippen molar-refractivity contribution in [3.8, 4) is 17.2 Å². The van der Waals surface area contributed by atoms with E-state index in [0.29, 0.717) is 23.4 Å². The SMILES string of the molecule is COc1ccc(/C(O)=C2\C(=O)C(=O)N(CCN(C)C)[C@H]2c2ccc(O)c(OC)c2)cc1C. The number of nitrogens with zero attached hydrogens (tertiary/aromatic N) is 2. The molecule has 8 nitrogen and oxygen atoms in total. The van der Waals surface area contributed by atoms with Crippen molar-refractivity contribution < 1.29 is 29.3 Å². The Balaban J connectivity index is 2.19. The van der Waals surface area contributed by atoms with Gasteiger partial charge in [-0.2, -0.15) is 0 Å². The summed E-state index contributed by atoms with van der Waals surface area (Å²) in [5.74, 6) is -0.915. The van der Waals surface area contributed by atoms with Crippen LogP contribution in [-0.2, 0) is 9.59 Å². The molecule has 0 aromatic heterocycles. The fourth-order valence-electron chi connectivity index (χ4n) is 3.81. The minimum absolute atomic E-state index is 0.00827. The van der Waals surface area contributed by atoms with Crippen LogP contribution in [0.2, 0.25) is 0 Å². The second-order valence-corrected chi connectivity index (χ2v) is 7.91. The second kappa shape index (κ2) is 9.32. The number of carbonyl (C=O) groups is 2. The number of hydrogen-bond donors (Lipinski definition) is 2. The zero-order chi connectivity index (χ0) is 23.6. The lowest BCUT2D eigenvalue weighted by molar-refractivity contribution is -0.140. The molecule has 0 unspecified atom stereocenters. The number of aryl methyl sites for hydroxylation is 1. The zero-order valence-electron chi connectivity index (χ0n) is 18.9. The number of hydrogen-bond acceptors (Lipinski definition) is 7. The Morgan fingerprint density at radius 3 is 2.34 bits per heavy atom. The van der Waals surface area contributed by atoms with E-state index >= 15 is 0 Å². The molecule has 0 radical (unpaired) electrons. The van der Waals surface area contributed by atoms with Gasteiger partial charge in [0, 0.05) is 18.7 Å². The van der Waals surface area contributed by atoms with E-state index in [9.17, 15) is 19.8 Å². The van der Waals surface area contributed by atoms with Crippen molar-refractivity contribution in [3.63, 3.8) is 0 Å². The van der Waals surface area contributed by atoms with E-state index in [1.165, 1.54) is 18.1 Å². The largest absolute Gasteiger partial charge is 0.507 e. The van der Waals surface area contributed by atoms with Crippen LogP contribution in [0, 0.1) is 6.92 Å². The van der Waals surface area contributed by atoms with Gasteiger partial charge < -0.3 is 29.5 Å². The monoisotopic (exact) mass is 440 g/mol. The Kier molecular flexibility index (Phi) is 6.74. The van der Waals surface area contributed by atoms with E-state index in [-0.39, 0.29) is 29.4 Å². The Labute approximate surface area is 187 Å². The number of ketones is 1. The third-order valence-corrected chi connectivity index (χ3v) is 5.52. The van der Waals surface area contributed by atoms with Gasteiger partial charge in [-0.05, 0) is 62.5 Å². The number of amides is 1. The number of aliphatic hydroxyl groups is 1. The van der Waals surface area contributed by atoms with E-state index < -0.39 is 17.7 Å². The van der Waals surface area contributed by atoms with Crippen molar-refractivity contribution in [1.82, 2.24) is 9.80 Å². The minimum atomic E-state index is -0.827. The third kappa shape index (κ3) is 4.27. The molecule has 2 aromatic carbocycles. The van der Waals surface area contributed by atoms with E-state index in [4.69, 9.17) is 9.47 Å². The molecule has 32 heavy (non-hydrogen) atoms. The van der Waals surface area contributed by atoms with Crippen molar-refractivity contribution in [2.24, 2.45) is 0 Å². The summed E-state index contributed by atoms with van der Waals surface area (Å²) in [4.78, 5) is 29.4. The molecule has 0 aliphatic carbocycles. The highest BCUT2D eigenvalue weighted by Gasteiger charge is 2.46. The molecule has 0 bridgehead atoms. The molecule has 8 heteroatoms. The van der Waals surface area contributed by atoms with Crippen molar-refractivity contribution >= 4 is 17.4 Å². The quantitative estimate of drug-likeness (QED) is 0.388. The summed E-state index contributed by atoms with van der Waals surface area (Å²) >= 11 is 0. The minimum Gasteiger partial charge on any atom is -0.507 e. The molecule has 2 aromatic rings. The third-order valence-electron chi connectivity index (χ3n) is 5.52. The number of carbonyl (C=O) groups excluding carboxylic acids is 2. The summed E-state index contributed by atoms with van der Waals surface area (Å²) in [6, 6.07) is 8.85. The molecule has 3 rings (SSSR count). The highest BCUT2D eigenvalue weighted by atomic mass is 16.5. The summed E-state index contributed by atoms with van der Waals surface area (Å²) in [6.07, 6.45) is 0. The van der Waals surface area contributed by atoms with Crippen LogP contribution in [0.1, 0.15) is 22.7 Å². The number of aromatic hydroxyl groups is 1. The molecule has 0 spiro atoms. The van der Waals surface area contributed by atoms with E-state index in [0.717, 1.165) is 5.56 Å². The number of Topliss-reactive ketones (excluding diaryl/α,β-unsaturated/α-hetero) is 1. The molecule has 1 amide bonds. The van der Waals surface area contributed by atoms with Crippen LogP contribution in [0.4, 0.5) is 0 Å². The highest BCUT2D eigenvalue weighted by Crippen LogP contribution is 2.41. The maximum Gasteiger partial charge on any atom is 0.295 e. The Bertz CT molecular complexity index is 1080. The summed E-state index contributed by atoms with van der Waals surface area (Å²) in [5, 5.41) is 21.2. The molecule has 1 aliphatic rings. The van der Waals surface area contributed by atoms with Crippen LogP contribution >= 0.6 is 0 Å². The number of likely N-dealkylation sites (tertiary alicyclic amines) is 1. The van der Waals surface area contributed by atoms with Crippen LogP contribution in [-0.4, -0.2) is 73.1 Å². The standard InChI is InChI=1S/C24H28N2O6/c1-14-12-16(7-9-18(14)31-4)22(28)20-21(15-6-8-17(27)19(13-15)32-5)26(11-10-25(2)3)24(30)23(20)29/h6-9,12-13,21,27-28H,10-11H2,1-5H3/b22-20+/t21-/m0/s1. The number of phenols is 1. The molecule has 1 aliphatic heterocycles. The highest BCUT2D eigenvalue weighted by molar-refractivity contribution is 6.46. The molecular formula is C24H28N2O6. The smallest absolute Gasteiger partial charge is 0.295 e. The fourth-order valence-corrected chi connectivity index (χ4v) is 3.81.